The Labute approximate surface area is 130 Å². The minimum Gasteiger partial charge on any atom is -0.265 e. The number of hydrogen-bond acceptors (Lipinski definition) is 3. The van der Waals surface area contributed by atoms with E-state index in [2.05, 4.69) is 4.98 Å². The van der Waals surface area contributed by atoms with E-state index < -0.39 is 10.0 Å². The molecule has 112 valence electrons. The Balaban J connectivity index is 2.41. The topological polar surface area (TPSA) is 50.3 Å². The number of sulfonamides is 1. The number of rotatable bonds is 5. The largest absolute Gasteiger partial charge is 0.281 e. The standard InChI is InChI=1S/C15H17ClN2O2S/c1-3-18(14-7-4-12(2)5-8-14)21(19,20)15-9-6-13(10-16)11-17-15/h4-9,11H,3,10H2,1-2H3. The lowest BCUT2D eigenvalue weighted by Gasteiger charge is -2.22. The van der Waals surface area contributed by atoms with Crippen LogP contribution >= 0.6 is 11.6 Å². The van der Waals surface area contributed by atoms with Crippen LogP contribution in [-0.2, 0) is 15.9 Å². The summed E-state index contributed by atoms with van der Waals surface area (Å²) >= 11 is 5.69. The molecule has 0 radical (unpaired) electrons. The molecule has 1 heterocycles. The van der Waals surface area contributed by atoms with E-state index in [4.69, 9.17) is 11.6 Å². The van der Waals surface area contributed by atoms with E-state index >= 15 is 0 Å². The van der Waals surface area contributed by atoms with Gasteiger partial charge in [-0.15, -0.1) is 11.6 Å². The van der Waals surface area contributed by atoms with Crippen LogP contribution in [0.4, 0.5) is 5.69 Å². The van der Waals surface area contributed by atoms with Crippen LogP contribution in [0.2, 0.25) is 0 Å². The second-order valence-corrected chi connectivity index (χ2v) is 6.72. The Kier molecular flexibility index (Phi) is 4.85. The Morgan fingerprint density at radius 1 is 1.14 bits per heavy atom. The third-order valence-electron chi connectivity index (χ3n) is 3.12. The summed E-state index contributed by atoms with van der Waals surface area (Å²) in [7, 11) is -3.66. The zero-order valence-corrected chi connectivity index (χ0v) is 13.5. The zero-order chi connectivity index (χ0) is 15.5. The van der Waals surface area contributed by atoms with Crippen LogP contribution in [0.15, 0.2) is 47.6 Å². The van der Waals surface area contributed by atoms with Crippen molar-refractivity contribution in [3.05, 3.63) is 53.7 Å². The summed E-state index contributed by atoms with van der Waals surface area (Å²) in [5.41, 5.74) is 2.50. The van der Waals surface area contributed by atoms with E-state index in [0.29, 0.717) is 18.1 Å². The third-order valence-corrected chi connectivity index (χ3v) is 5.24. The molecule has 21 heavy (non-hydrogen) atoms. The first-order valence-corrected chi connectivity index (χ1v) is 8.56. The fraction of sp³-hybridized carbons (Fsp3) is 0.267. The van der Waals surface area contributed by atoms with Crippen LogP contribution in [0.25, 0.3) is 0 Å². The molecule has 0 aliphatic rings. The first-order valence-electron chi connectivity index (χ1n) is 6.59. The summed E-state index contributed by atoms with van der Waals surface area (Å²) < 4.78 is 26.7. The van der Waals surface area contributed by atoms with Crippen LogP contribution in [0.1, 0.15) is 18.1 Å². The van der Waals surface area contributed by atoms with Crippen LogP contribution in [0, 0.1) is 6.92 Å². The summed E-state index contributed by atoms with van der Waals surface area (Å²) in [6.45, 7) is 4.09. The smallest absolute Gasteiger partial charge is 0.265 e. The van der Waals surface area contributed by atoms with Gasteiger partial charge < -0.3 is 0 Å². The number of nitrogens with zero attached hydrogens (tertiary/aromatic N) is 2. The molecule has 0 amide bonds. The Morgan fingerprint density at radius 2 is 1.81 bits per heavy atom. The van der Waals surface area contributed by atoms with E-state index in [0.717, 1.165) is 11.1 Å². The fourth-order valence-electron chi connectivity index (χ4n) is 1.96. The maximum atomic E-state index is 12.7. The quantitative estimate of drug-likeness (QED) is 0.792. The monoisotopic (exact) mass is 324 g/mol. The number of alkyl halides is 1. The first kappa shape index (κ1) is 15.8. The van der Waals surface area contributed by atoms with Gasteiger partial charge in [0.2, 0.25) is 0 Å². The van der Waals surface area contributed by atoms with Gasteiger partial charge in [0.15, 0.2) is 5.03 Å². The van der Waals surface area contributed by atoms with Crippen LogP contribution < -0.4 is 4.31 Å². The fourth-order valence-corrected chi connectivity index (χ4v) is 3.51. The van der Waals surface area contributed by atoms with Crippen molar-refractivity contribution in [2.24, 2.45) is 0 Å². The number of aromatic nitrogens is 1. The van der Waals surface area contributed by atoms with Gasteiger partial charge in [-0.05, 0) is 37.6 Å². The highest BCUT2D eigenvalue weighted by Crippen LogP contribution is 2.23. The number of benzene rings is 1. The van der Waals surface area contributed by atoms with Gasteiger partial charge >= 0.3 is 0 Å². The molecule has 2 rings (SSSR count). The number of anilines is 1. The summed E-state index contributed by atoms with van der Waals surface area (Å²) in [6.07, 6.45) is 1.49. The minimum atomic E-state index is -3.66. The van der Waals surface area contributed by atoms with Crippen molar-refractivity contribution in [1.82, 2.24) is 4.98 Å². The van der Waals surface area contributed by atoms with Gasteiger partial charge in [0.25, 0.3) is 10.0 Å². The van der Waals surface area contributed by atoms with Gasteiger partial charge in [-0.1, -0.05) is 23.8 Å². The molecule has 0 saturated carbocycles. The van der Waals surface area contributed by atoms with Gasteiger partial charge in [-0.3, -0.25) is 4.31 Å². The lowest BCUT2D eigenvalue weighted by Crippen LogP contribution is -2.31. The molecule has 0 bridgehead atoms. The van der Waals surface area contributed by atoms with Crippen LogP contribution in [0.3, 0.4) is 0 Å². The molecule has 0 saturated heterocycles. The van der Waals surface area contributed by atoms with Crippen molar-refractivity contribution in [3.63, 3.8) is 0 Å². The first-order chi connectivity index (χ1) is 9.98. The number of halogens is 1. The van der Waals surface area contributed by atoms with Gasteiger partial charge in [0.05, 0.1) is 5.69 Å². The predicted octanol–water partition coefficient (Wildman–Crippen LogP) is 3.34. The highest BCUT2D eigenvalue weighted by molar-refractivity contribution is 7.92. The van der Waals surface area contributed by atoms with E-state index in [9.17, 15) is 8.42 Å². The zero-order valence-electron chi connectivity index (χ0n) is 12.0. The molecule has 0 atom stereocenters. The molecule has 2 aromatic rings. The Morgan fingerprint density at radius 3 is 2.29 bits per heavy atom. The molecule has 0 aliphatic heterocycles. The van der Waals surface area contributed by atoms with E-state index in [1.165, 1.54) is 16.6 Å². The maximum absolute atomic E-state index is 12.7. The molecule has 0 aliphatic carbocycles. The van der Waals surface area contributed by atoms with Crippen LogP contribution in [0.5, 0.6) is 0 Å². The van der Waals surface area contributed by atoms with E-state index in [-0.39, 0.29) is 5.03 Å². The molecular formula is C15H17ClN2O2S. The number of aryl methyl sites for hydroxylation is 1. The van der Waals surface area contributed by atoms with Gasteiger partial charge in [-0.25, -0.2) is 4.98 Å². The molecule has 0 N–H and O–H groups in total. The van der Waals surface area contributed by atoms with Crippen molar-refractivity contribution in [2.45, 2.75) is 24.8 Å². The van der Waals surface area contributed by atoms with Crippen molar-refractivity contribution < 1.29 is 8.42 Å². The number of hydrogen-bond donors (Lipinski definition) is 0. The van der Waals surface area contributed by atoms with Gasteiger partial charge in [-0.2, -0.15) is 8.42 Å². The normalized spacial score (nSPS) is 11.4. The van der Waals surface area contributed by atoms with Gasteiger partial charge in [0, 0.05) is 18.6 Å². The highest BCUT2D eigenvalue weighted by Gasteiger charge is 2.24. The Hall–Kier alpha value is -1.59. The summed E-state index contributed by atoms with van der Waals surface area (Å²) in [5, 5.41) is 0.0267. The summed E-state index contributed by atoms with van der Waals surface area (Å²) in [4.78, 5) is 4.02. The maximum Gasteiger partial charge on any atom is 0.281 e. The second kappa shape index (κ2) is 6.45. The van der Waals surface area contributed by atoms with Crippen LogP contribution in [-0.4, -0.2) is 19.9 Å². The van der Waals surface area contributed by atoms with E-state index in [1.807, 2.05) is 19.1 Å². The molecule has 0 unspecified atom stereocenters. The predicted molar refractivity (Wildman–Crippen MR) is 85.2 cm³/mol. The average Bonchev–Trinajstić information content (AvgIpc) is 2.50. The highest BCUT2D eigenvalue weighted by atomic mass is 35.5. The molecule has 6 heteroatoms. The molecule has 1 aromatic carbocycles. The average molecular weight is 325 g/mol. The minimum absolute atomic E-state index is 0.0267. The lowest BCUT2D eigenvalue weighted by atomic mass is 10.2. The molecule has 0 spiro atoms. The van der Waals surface area contributed by atoms with Gasteiger partial charge in [0.1, 0.15) is 0 Å². The van der Waals surface area contributed by atoms with Crippen molar-refractivity contribution >= 4 is 27.3 Å². The Bertz CT molecular complexity index is 697. The molecular weight excluding hydrogens is 308 g/mol. The molecule has 1 aromatic heterocycles. The SMILES string of the molecule is CCN(c1ccc(C)cc1)S(=O)(=O)c1ccc(CCl)cn1. The summed E-state index contributed by atoms with van der Waals surface area (Å²) in [6, 6.07) is 10.5. The van der Waals surface area contributed by atoms with Crippen molar-refractivity contribution in [3.8, 4) is 0 Å². The van der Waals surface area contributed by atoms with Crippen molar-refractivity contribution in [2.75, 3.05) is 10.8 Å². The second-order valence-electron chi connectivity index (χ2n) is 4.64. The third kappa shape index (κ3) is 3.36. The number of pyridine rings is 1. The molecule has 0 fully saturated rings. The lowest BCUT2D eigenvalue weighted by molar-refractivity contribution is 0.588. The van der Waals surface area contributed by atoms with E-state index in [1.54, 1.807) is 25.1 Å². The molecule has 4 nitrogen and oxygen atoms in total. The van der Waals surface area contributed by atoms with Crippen molar-refractivity contribution in [1.29, 1.82) is 0 Å². The summed E-state index contributed by atoms with van der Waals surface area (Å²) in [5.74, 6) is 0.308.